The Labute approximate surface area is 148 Å². The van der Waals surface area contributed by atoms with Crippen molar-refractivity contribution in [1.29, 1.82) is 0 Å². The molecule has 7 heteroatoms. The maximum atomic E-state index is 12.1. The van der Waals surface area contributed by atoms with Gasteiger partial charge in [0.15, 0.2) is 17.9 Å². The van der Waals surface area contributed by atoms with Crippen molar-refractivity contribution >= 4 is 28.5 Å². The van der Waals surface area contributed by atoms with E-state index in [4.69, 9.17) is 13.9 Å². The summed E-state index contributed by atoms with van der Waals surface area (Å²) in [5.41, 5.74) is -0.349. The van der Waals surface area contributed by atoms with Crippen molar-refractivity contribution < 1.29 is 23.5 Å². The summed E-state index contributed by atoms with van der Waals surface area (Å²) in [5.74, 6) is -1.08. The first kappa shape index (κ1) is 17.2. The van der Waals surface area contributed by atoms with Crippen molar-refractivity contribution in [2.24, 2.45) is 0 Å². The van der Waals surface area contributed by atoms with Crippen molar-refractivity contribution in [2.45, 2.75) is 0 Å². The molecule has 0 unspecified atom stereocenters. The summed E-state index contributed by atoms with van der Waals surface area (Å²) in [5, 5.41) is 3.08. The summed E-state index contributed by atoms with van der Waals surface area (Å²) in [4.78, 5) is 36.0. The van der Waals surface area contributed by atoms with E-state index in [-0.39, 0.29) is 11.1 Å². The lowest BCUT2D eigenvalue weighted by Crippen LogP contribution is -2.23. The van der Waals surface area contributed by atoms with Gasteiger partial charge in [0, 0.05) is 11.1 Å². The van der Waals surface area contributed by atoms with Gasteiger partial charge in [0.1, 0.15) is 5.56 Å². The van der Waals surface area contributed by atoms with Crippen LogP contribution in [0.25, 0.3) is 11.0 Å². The maximum Gasteiger partial charge on any atom is 0.351 e. The fourth-order valence-electron chi connectivity index (χ4n) is 2.35. The molecular formula is C19H15NO6. The number of fused-ring (bicyclic) bond motifs is 1. The fraction of sp³-hybridized carbons (Fsp3) is 0.105. The maximum absolute atomic E-state index is 12.1. The van der Waals surface area contributed by atoms with Crippen LogP contribution >= 0.6 is 0 Å². The number of carbonyl (C=O) groups is 2. The average molecular weight is 353 g/mol. The van der Waals surface area contributed by atoms with E-state index < -0.39 is 24.1 Å². The second-order valence-corrected chi connectivity index (χ2v) is 5.32. The molecule has 3 rings (SSSR count). The molecule has 0 aliphatic carbocycles. The van der Waals surface area contributed by atoms with Crippen LogP contribution in [0.3, 0.4) is 0 Å². The minimum Gasteiger partial charge on any atom is -0.493 e. The zero-order valence-electron chi connectivity index (χ0n) is 13.9. The first-order valence-corrected chi connectivity index (χ1v) is 7.71. The van der Waals surface area contributed by atoms with E-state index in [0.29, 0.717) is 16.8 Å². The van der Waals surface area contributed by atoms with E-state index in [1.54, 1.807) is 42.5 Å². The van der Waals surface area contributed by atoms with Crippen LogP contribution in [-0.4, -0.2) is 25.6 Å². The number of rotatable bonds is 5. The highest BCUT2D eigenvalue weighted by Crippen LogP contribution is 2.24. The quantitative estimate of drug-likeness (QED) is 0.560. The minimum absolute atomic E-state index is 0.235. The zero-order chi connectivity index (χ0) is 18.5. The smallest absolute Gasteiger partial charge is 0.351 e. The number of hydrogen-bond donors (Lipinski definition) is 1. The van der Waals surface area contributed by atoms with Crippen LogP contribution < -0.4 is 15.7 Å². The molecular weight excluding hydrogens is 338 g/mol. The first-order valence-electron chi connectivity index (χ1n) is 7.71. The van der Waals surface area contributed by atoms with E-state index >= 15 is 0 Å². The number of amides is 1. The largest absolute Gasteiger partial charge is 0.493 e. The molecule has 0 spiro atoms. The van der Waals surface area contributed by atoms with E-state index in [0.717, 1.165) is 0 Å². The summed E-state index contributed by atoms with van der Waals surface area (Å²) >= 11 is 0. The SMILES string of the molecule is COc1cccc2cc(C(=O)OCC(=O)Nc3ccccc3)c(=O)oc12. The Balaban J connectivity index is 1.72. The van der Waals surface area contributed by atoms with E-state index in [1.807, 2.05) is 6.07 Å². The molecule has 1 aromatic heterocycles. The van der Waals surface area contributed by atoms with Crippen molar-refractivity contribution in [1.82, 2.24) is 0 Å². The molecule has 7 nitrogen and oxygen atoms in total. The Kier molecular flexibility index (Phi) is 4.98. The lowest BCUT2D eigenvalue weighted by atomic mass is 10.2. The third-order valence-electron chi connectivity index (χ3n) is 3.56. The van der Waals surface area contributed by atoms with Crippen LogP contribution in [-0.2, 0) is 9.53 Å². The van der Waals surface area contributed by atoms with Crippen molar-refractivity contribution in [3.63, 3.8) is 0 Å². The predicted octanol–water partition coefficient (Wildman–Crippen LogP) is 2.60. The van der Waals surface area contributed by atoms with Gasteiger partial charge >= 0.3 is 11.6 Å². The Hall–Kier alpha value is -3.61. The van der Waals surface area contributed by atoms with Gasteiger partial charge in [0.25, 0.3) is 5.91 Å². The van der Waals surface area contributed by atoms with Crippen LogP contribution in [0.15, 0.2) is 63.8 Å². The van der Waals surface area contributed by atoms with Crippen LogP contribution in [0.4, 0.5) is 5.69 Å². The highest BCUT2D eigenvalue weighted by Gasteiger charge is 2.18. The van der Waals surface area contributed by atoms with Gasteiger partial charge in [-0.05, 0) is 24.3 Å². The lowest BCUT2D eigenvalue weighted by Gasteiger charge is -2.07. The number of carbonyl (C=O) groups excluding carboxylic acids is 2. The van der Waals surface area contributed by atoms with Crippen LogP contribution in [0.2, 0.25) is 0 Å². The van der Waals surface area contributed by atoms with Gasteiger partial charge in [-0.25, -0.2) is 9.59 Å². The molecule has 0 saturated heterocycles. The average Bonchev–Trinajstić information content (AvgIpc) is 2.66. The third-order valence-corrected chi connectivity index (χ3v) is 3.56. The molecule has 0 aliphatic rings. The first-order chi connectivity index (χ1) is 12.6. The van der Waals surface area contributed by atoms with E-state index in [2.05, 4.69) is 5.32 Å². The molecule has 0 fully saturated rings. The van der Waals surface area contributed by atoms with Gasteiger partial charge in [0.05, 0.1) is 7.11 Å². The number of ether oxygens (including phenoxy) is 2. The molecule has 0 radical (unpaired) electrons. The number of hydrogen-bond acceptors (Lipinski definition) is 6. The lowest BCUT2D eigenvalue weighted by molar-refractivity contribution is -0.119. The normalized spacial score (nSPS) is 10.3. The zero-order valence-corrected chi connectivity index (χ0v) is 13.9. The second kappa shape index (κ2) is 7.52. The van der Waals surface area contributed by atoms with Gasteiger partial charge in [-0.2, -0.15) is 0 Å². The standard InChI is InChI=1S/C19H15NO6/c1-24-15-9-5-6-12-10-14(19(23)26-17(12)15)18(22)25-11-16(21)20-13-7-3-2-4-8-13/h2-10H,11H2,1H3,(H,20,21). The van der Waals surface area contributed by atoms with Crippen LogP contribution in [0.5, 0.6) is 5.75 Å². The molecule has 1 amide bonds. The van der Waals surface area contributed by atoms with Crippen molar-refractivity contribution in [3.05, 3.63) is 70.6 Å². The second-order valence-electron chi connectivity index (χ2n) is 5.32. The highest BCUT2D eigenvalue weighted by molar-refractivity contribution is 5.97. The predicted molar refractivity (Wildman–Crippen MR) is 94.4 cm³/mol. The fourth-order valence-corrected chi connectivity index (χ4v) is 2.35. The van der Waals surface area contributed by atoms with Crippen molar-refractivity contribution in [3.8, 4) is 5.75 Å². The Bertz CT molecular complexity index is 1010. The third kappa shape index (κ3) is 3.72. The molecule has 0 saturated carbocycles. The molecule has 1 N–H and O–H groups in total. The van der Waals surface area contributed by atoms with E-state index in [1.165, 1.54) is 13.2 Å². The molecule has 2 aromatic carbocycles. The molecule has 0 aliphatic heterocycles. The Morgan fingerprint density at radius 1 is 1.08 bits per heavy atom. The van der Waals surface area contributed by atoms with E-state index in [9.17, 15) is 14.4 Å². The Morgan fingerprint density at radius 3 is 2.58 bits per heavy atom. The summed E-state index contributed by atoms with van der Waals surface area (Å²) in [6, 6.07) is 15.1. The van der Waals surface area contributed by atoms with Crippen molar-refractivity contribution in [2.75, 3.05) is 19.0 Å². The molecule has 3 aromatic rings. The molecule has 132 valence electrons. The summed E-state index contributed by atoms with van der Waals surface area (Å²) in [6.45, 7) is -0.524. The number of para-hydroxylation sites is 2. The van der Waals surface area contributed by atoms with Gasteiger partial charge in [-0.1, -0.05) is 30.3 Å². The summed E-state index contributed by atoms with van der Waals surface area (Å²) < 4.78 is 15.2. The molecule has 0 atom stereocenters. The van der Waals surface area contributed by atoms with Gasteiger partial charge in [0.2, 0.25) is 0 Å². The molecule has 0 bridgehead atoms. The molecule has 26 heavy (non-hydrogen) atoms. The monoisotopic (exact) mass is 353 g/mol. The highest BCUT2D eigenvalue weighted by atomic mass is 16.5. The Morgan fingerprint density at radius 2 is 1.85 bits per heavy atom. The summed E-state index contributed by atoms with van der Waals surface area (Å²) in [7, 11) is 1.45. The van der Waals surface area contributed by atoms with Gasteiger partial charge in [-0.3, -0.25) is 4.79 Å². The number of nitrogens with one attached hydrogen (secondary N) is 1. The van der Waals surface area contributed by atoms with Gasteiger partial charge in [-0.15, -0.1) is 0 Å². The van der Waals surface area contributed by atoms with Crippen LogP contribution in [0.1, 0.15) is 10.4 Å². The molecule has 1 heterocycles. The number of esters is 1. The number of anilines is 1. The van der Waals surface area contributed by atoms with Gasteiger partial charge < -0.3 is 19.2 Å². The van der Waals surface area contributed by atoms with Crippen LogP contribution in [0, 0.1) is 0 Å². The minimum atomic E-state index is -0.938. The summed E-state index contributed by atoms with van der Waals surface area (Å²) in [6.07, 6.45) is 0. The topological polar surface area (TPSA) is 94.8 Å². The number of methoxy groups -OCH3 is 1. The number of benzene rings is 2.